The van der Waals surface area contributed by atoms with Crippen LogP contribution in [0.1, 0.15) is 59.9 Å². The maximum Gasteiger partial charge on any atom is 0.183 e. The number of benzene rings is 1. The predicted octanol–water partition coefficient (Wildman–Crippen LogP) is 4.99. The van der Waals surface area contributed by atoms with Crippen molar-refractivity contribution in [2.75, 3.05) is 0 Å². The highest BCUT2D eigenvalue weighted by Crippen LogP contribution is 2.36. The summed E-state index contributed by atoms with van der Waals surface area (Å²) in [6.45, 7) is 11.7. The van der Waals surface area contributed by atoms with Crippen molar-refractivity contribution in [2.24, 2.45) is 0 Å². The van der Waals surface area contributed by atoms with Crippen molar-refractivity contribution < 1.29 is 8.42 Å². The van der Waals surface area contributed by atoms with Crippen molar-refractivity contribution >= 4 is 21.4 Å². The third-order valence-corrected chi connectivity index (χ3v) is 7.37. The molecule has 0 aliphatic heterocycles. The normalized spacial score (nSPS) is 13.6. The Hall–Kier alpha value is -0.540. The molecule has 0 saturated heterocycles. The average molecular weight is 317 g/mol. The number of halogens is 1. The Morgan fingerprint density at radius 1 is 1.05 bits per heavy atom. The van der Waals surface area contributed by atoms with Gasteiger partial charge in [0.15, 0.2) is 9.84 Å². The lowest BCUT2D eigenvalue weighted by atomic mass is 9.82. The van der Waals surface area contributed by atoms with E-state index < -0.39 is 14.6 Å². The summed E-state index contributed by atoms with van der Waals surface area (Å²) in [5, 5.41) is 0.532. The van der Waals surface area contributed by atoms with Crippen LogP contribution < -0.4 is 0 Å². The minimum Gasteiger partial charge on any atom is -0.223 e. The van der Waals surface area contributed by atoms with Gasteiger partial charge in [-0.2, -0.15) is 0 Å². The van der Waals surface area contributed by atoms with Crippen LogP contribution >= 0.6 is 11.6 Å². The van der Waals surface area contributed by atoms with Crippen molar-refractivity contribution in [1.82, 2.24) is 0 Å². The van der Waals surface area contributed by atoms with Gasteiger partial charge in [0.05, 0.1) is 9.64 Å². The van der Waals surface area contributed by atoms with Gasteiger partial charge >= 0.3 is 0 Å². The van der Waals surface area contributed by atoms with E-state index in [0.29, 0.717) is 16.3 Å². The van der Waals surface area contributed by atoms with E-state index in [9.17, 15) is 8.42 Å². The van der Waals surface area contributed by atoms with Crippen LogP contribution in [0.25, 0.3) is 0 Å². The zero-order valence-corrected chi connectivity index (χ0v) is 14.8. The first-order valence-electron chi connectivity index (χ1n) is 7.04. The van der Waals surface area contributed by atoms with Gasteiger partial charge in [0.1, 0.15) is 0 Å². The highest BCUT2D eigenvalue weighted by molar-refractivity contribution is 7.92. The number of sulfone groups is 1. The van der Waals surface area contributed by atoms with E-state index in [4.69, 9.17) is 11.6 Å². The van der Waals surface area contributed by atoms with E-state index in [1.165, 1.54) is 0 Å². The van der Waals surface area contributed by atoms with Gasteiger partial charge in [-0.1, -0.05) is 45.4 Å². The van der Waals surface area contributed by atoms with Crippen LogP contribution in [-0.4, -0.2) is 13.2 Å². The molecule has 0 unspecified atom stereocenters. The molecule has 1 aromatic carbocycles. The molecule has 0 N–H and O–H groups in total. The monoisotopic (exact) mass is 316 g/mol. The van der Waals surface area contributed by atoms with E-state index in [-0.39, 0.29) is 5.41 Å². The molecular formula is C16H25ClO2S. The van der Waals surface area contributed by atoms with E-state index >= 15 is 0 Å². The van der Waals surface area contributed by atoms with E-state index in [1.807, 2.05) is 13.0 Å². The summed E-state index contributed by atoms with van der Waals surface area (Å²) in [5.74, 6) is 0. The van der Waals surface area contributed by atoms with Gasteiger partial charge in [-0.3, -0.25) is 0 Å². The van der Waals surface area contributed by atoms with Gasteiger partial charge in [0.25, 0.3) is 0 Å². The first kappa shape index (κ1) is 17.5. The van der Waals surface area contributed by atoms with Crippen LogP contribution in [0, 0.1) is 0 Å². The molecule has 0 radical (unpaired) electrons. The largest absolute Gasteiger partial charge is 0.223 e. The Morgan fingerprint density at radius 2 is 1.60 bits per heavy atom. The minimum atomic E-state index is -3.36. The summed E-state index contributed by atoms with van der Waals surface area (Å²) in [4.78, 5) is 0.310. The lowest BCUT2D eigenvalue weighted by Gasteiger charge is -2.27. The molecule has 2 nitrogen and oxygen atoms in total. The SMILES string of the molecule is CCC(C)(C)c1ccc(S(=O)(=O)C(C)(C)CC)cc1Cl. The Balaban J connectivity index is 3.37. The third-order valence-electron chi connectivity index (χ3n) is 4.44. The second-order valence-corrected chi connectivity index (χ2v) is 9.49. The van der Waals surface area contributed by atoms with Gasteiger partial charge in [0.2, 0.25) is 0 Å². The standard InChI is InChI=1S/C16H25ClO2S/c1-7-15(3,4)13-10-9-12(11-14(13)17)20(18,19)16(5,6)8-2/h9-11H,7-8H2,1-6H3. The summed E-state index contributed by atoms with van der Waals surface area (Å²) in [6, 6.07) is 5.14. The molecule has 0 fully saturated rings. The fourth-order valence-corrected chi connectivity index (χ4v) is 3.95. The van der Waals surface area contributed by atoms with Gasteiger partial charge < -0.3 is 0 Å². The zero-order chi connectivity index (χ0) is 15.8. The average Bonchev–Trinajstić information content (AvgIpc) is 2.37. The van der Waals surface area contributed by atoms with Crippen LogP contribution in [-0.2, 0) is 15.3 Å². The molecule has 114 valence electrons. The molecule has 0 spiro atoms. The van der Waals surface area contributed by atoms with E-state index in [2.05, 4.69) is 20.8 Å². The molecule has 0 aliphatic rings. The summed E-state index contributed by atoms with van der Waals surface area (Å²) < 4.78 is 24.4. The Labute approximate surface area is 128 Å². The Kier molecular flexibility index (Phi) is 4.98. The fraction of sp³-hybridized carbons (Fsp3) is 0.625. The van der Waals surface area contributed by atoms with Gasteiger partial charge in [-0.15, -0.1) is 0 Å². The third kappa shape index (κ3) is 3.04. The van der Waals surface area contributed by atoms with Crippen LogP contribution in [0.3, 0.4) is 0 Å². The first-order valence-corrected chi connectivity index (χ1v) is 8.90. The van der Waals surface area contributed by atoms with Crippen molar-refractivity contribution in [1.29, 1.82) is 0 Å². The maximum absolute atomic E-state index is 12.6. The van der Waals surface area contributed by atoms with Gasteiger partial charge in [0, 0.05) is 5.02 Å². The second-order valence-electron chi connectivity index (χ2n) is 6.50. The van der Waals surface area contributed by atoms with Crippen LogP contribution in [0.2, 0.25) is 5.02 Å². The second kappa shape index (κ2) is 5.69. The molecule has 0 amide bonds. The molecule has 4 heteroatoms. The smallest absolute Gasteiger partial charge is 0.183 e. The van der Waals surface area contributed by atoms with Crippen molar-refractivity contribution in [3.8, 4) is 0 Å². The number of hydrogen-bond acceptors (Lipinski definition) is 2. The number of hydrogen-bond donors (Lipinski definition) is 0. The van der Waals surface area contributed by atoms with Crippen molar-refractivity contribution in [3.05, 3.63) is 28.8 Å². The predicted molar refractivity (Wildman–Crippen MR) is 86.3 cm³/mol. The van der Waals surface area contributed by atoms with Crippen molar-refractivity contribution in [2.45, 2.75) is 69.4 Å². The Bertz CT molecular complexity index is 586. The highest BCUT2D eigenvalue weighted by Gasteiger charge is 2.34. The zero-order valence-electron chi connectivity index (χ0n) is 13.2. The summed E-state index contributed by atoms with van der Waals surface area (Å²) in [7, 11) is -3.36. The quantitative estimate of drug-likeness (QED) is 0.767. The first-order chi connectivity index (χ1) is 8.99. The molecular weight excluding hydrogens is 292 g/mol. The molecule has 20 heavy (non-hydrogen) atoms. The lowest BCUT2D eigenvalue weighted by molar-refractivity contribution is 0.505. The molecule has 0 aliphatic carbocycles. The fourth-order valence-electron chi connectivity index (χ4n) is 1.91. The molecule has 1 rings (SSSR count). The molecule has 0 bridgehead atoms. The lowest BCUT2D eigenvalue weighted by Crippen LogP contribution is -2.31. The molecule has 0 atom stereocenters. The van der Waals surface area contributed by atoms with Crippen LogP contribution in [0.5, 0.6) is 0 Å². The highest BCUT2D eigenvalue weighted by atomic mass is 35.5. The van der Waals surface area contributed by atoms with Crippen LogP contribution in [0.15, 0.2) is 23.1 Å². The summed E-state index contributed by atoms with van der Waals surface area (Å²) in [5.41, 5.74) is 0.939. The summed E-state index contributed by atoms with van der Waals surface area (Å²) >= 11 is 6.33. The molecule has 0 aromatic heterocycles. The van der Waals surface area contributed by atoms with Crippen LogP contribution in [0.4, 0.5) is 0 Å². The van der Waals surface area contributed by atoms with Gasteiger partial charge in [-0.05, 0) is 49.8 Å². The van der Waals surface area contributed by atoms with E-state index in [0.717, 1.165) is 12.0 Å². The van der Waals surface area contributed by atoms with Gasteiger partial charge in [-0.25, -0.2) is 8.42 Å². The van der Waals surface area contributed by atoms with E-state index in [1.54, 1.807) is 26.0 Å². The molecule has 0 saturated carbocycles. The van der Waals surface area contributed by atoms with Crippen molar-refractivity contribution in [3.63, 3.8) is 0 Å². The molecule has 1 aromatic rings. The minimum absolute atomic E-state index is 0.0559. The summed E-state index contributed by atoms with van der Waals surface area (Å²) in [6.07, 6.45) is 1.51. The molecule has 0 heterocycles. The maximum atomic E-state index is 12.6. The Morgan fingerprint density at radius 3 is 2.00 bits per heavy atom. The topological polar surface area (TPSA) is 34.1 Å². The number of rotatable bonds is 5.